The van der Waals surface area contributed by atoms with Crippen molar-refractivity contribution >= 4 is 27.5 Å². The maximum Gasteiger partial charge on any atom is 0.255 e. The Bertz CT molecular complexity index is 907. The molecule has 1 heterocycles. The molecule has 1 amide bonds. The molecule has 0 atom stereocenters. The highest BCUT2D eigenvalue weighted by molar-refractivity contribution is 7.89. The average molecular weight is 407 g/mol. The Balaban J connectivity index is 1.86. The largest absolute Gasteiger partial charge is 0.337 e. The van der Waals surface area contributed by atoms with Crippen LogP contribution in [0, 0.1) is 0 Å². The molecular formula is C20H23ClN2O3S. The van der Waals surface area contributed by atoms with Crippen LogP contribution in [-0.4, -0.2) is 43.7 Å². The molecule has 1 aliphatic rings. The number of hydrogen-bond donors (Lipinski definition) is 0. The molecule has 1 saturated heterocycles. The van der Waals surface area contributed by atoms with Gasteiger partial charge in [0.25, 0.3) is 5.91 Å². The Morgan fingerprint density at radius 1 is 1.04 bits per heavy atom. The molecule has 0 spiro atoms. The van der Waals surface area contributed by atoms with Crippen LogP contribution in [0.25, 0.3) is 0 Å². The summed E-state index contributed by atoms with van der Waals surface area (Å²) in [7, 11) is -2.01. The molecule has 5 nitrogen and oxygen atoms in total. The Morgan fingerprint density at radius 3 is 2.33 bits per heavy atom. The number of sulfonamides is 1. The summed E-state index contributed by atoms with van der Waals surface area (Å²) in [4.78, 5) is 14.6. The molecule has 0 unspecified atom stereocenters. The quantitative estimate of drug-likeness (QED) is 0.759. The Kier molecular flexibility index (Phi) is 6.19. The second-order valence-electron chi connectivity index (χ2n) is 6.75. The highest BCUT2D eigenvalue weighted by Gasteiger charge is 2.30. The monoisotopic (exact) mass is 406 g/mol. The Morgan fingerprint density at radius 2 is 1.67 bits per heavy atom. The van der Waals surface area contributed by atoms with Gasteiger partial charge in [0.1, 0.15) is 0 Å². The Hall–Kier alpha value is -1.89. The first-order valence-electron chi connectivity index (χ1n) is 8.98. The third kappa shape index (κ3) is 4.51. The molecule has 0 bridgehead atoms. The normalized spacial score (nSPS) is 15.5. The fraction of sp³-hybridized carbons (Fsp3) is 0.350. The SMILES string of the molecule is CN(Cc1ccc(Cl)cc1)C(=O)c1ccccc1S(=O)(=O)N1CCCCC1. The van der Waals surface area contributed by atoms with E-state index in [0.29, 0.717) is 24.7 Å². The summed E-state index contributed by atoms with van der Waals surface area (Å²) >= 11 is 5.90. The number of amides is 1. The second-order valence-corrected chi connectivity index (χ2v) is 9.09. The number of carbonyl (C=O) groups excluding carboxylic acids is 1. The topological polar surface area (TPSA) is 57.7 Å². The van der Waals surface area contributed by atoms with Crippen molar-refractivity contribution in [1.82, 2.24) is 9.21 Å². The van der Waals surface area contributed by atoms with Crippen molar-refractivity contribution in [2.45, 2.75) is 30.7 Å². The summed E-state index contributed by atoms with van der Waals surface area (Å²) in [5, 5.41) is 0.630. The van der Waals surface area contributed by atoms with E-state index in [1.807, 2.05) is 12.1 Å². The van der Waals surface area contributed by atoms with Gasteiger partial charge in [0.15, 0.2) is 0 Å². The van der Waals surface area contributed by atoms with Crippen LogP contribution >= 0.6 is 11.6 Å². The van der Waals surface area contributed by atoms with E-state index in [0.717, 1.165) is 24.8 Å². The number of hydrogen-bond acceptors (Lipinski definition) is 3. The number of piperidine rings is 1. The van der Waals surface area contributed by atoms with Crippen LogP contribution in [-0.2, 0) is 16.6 Å². The van der Waals surface area contributed by atoms with Crippen molar-refractivity contribution in [2.75, 3.05) is 20.1 Å². The predicted octanol–water partition coefficient (Wildman–Crippen LogP) is 3.79. The fourth-order valence-corrected chi connectivity index (χ4v) is 5.08. The van der Waals surface area contributed by atoms with Crippen molar-refractivity contribution in [3.05, 3.63) is 64.7 Å². The van der Waals surface area contributed by atoms with Crippen LogP contribution < -0.4 is 0 Å². The third-order valence-corrected chi connectivity index (χ3v) is 6.94. The summed E-state index contributed by atoms with van der Waals surface area (Å²) in [6.07, 6.45) is 2.74. The lowest BCUT2D eigenvalue weighted by molar-refractivity contribution is 0.0781. The molecule has 3 rings (SSSR count). The second kappa shape index (κ2) is 8.42. The molecule has 0 saturated carbocycles. The third-order valence-electron chi connectivity index (χ3n) is 4.73. The van der Waals surface area contributed by atoms with Gasteiger partial charge in [-0.3, -0.25) is 4.79 Å². The van der Waals surface area contributed by atoms with Gasteiger partial charge in [0, 0.05) is 31.7 Å². The van der Waals surface area contributed by atoms with E-state index in [2.05, 4.69) is 0 Å². The number of benzene rings is 2. The molecular weight excluding hydrogens is 384 g/mol. The first-order valence-corrected chi connectivity index (χ1v) is 10.8. The zero-order chi connectivity index (χ0) is 19.4. The number of rotatable bonds is 5. The molecule has 7 heteroatoms. The summed E-state index contributed by atoms with van der Waals surface area (Å²) in [6.45, 7) is 1.38. The van der Waals surface area contributed by atoms with Gasteiger partial charge in [0.05, 0.1) is 10.5 Å². The number of halogens is 1. The molecule has 1 aliphatic heterocycles. The maximum absolute atomic E-state index is 13.1. The predicted molar refractivity (Wildman–Crippen MR) is 106 cm³/mol. The molecule has 0 N–H and O–H groups in total. The first-order chi connectivity index (χ1) is 12.9. The molecule has 2 aromatic rings. The smallest absolute Gasteiger partial charge is 0.255 e. The van der Waals surface area contributed by atoms with E-state index >= 15 is 0 Å². The van der Waals surface area contributed by atoms with Crippen molar-refractivity contribution in [3.8, 4) is 0 Å². The van der Waals surface area contributed by atoms with Crippen LogP contribution in [0.5, 0.6) is 0 Å². The van der Waals surface area contributed by atoms with Crippen LogP contribution in [0.1, 0.15) is 35.2 Å². The van der Waals surface area contributed by atoms with E-state index in [9.17, 15) is 13.2 Å². The van der Waals surface area contributed by atoms with Gasteiger partial charge in [-0.1, -0.05) is 42.3 Å². The van der Waals surface area contributed by atoms with Gasteiger partial charge >= 0.3 is 0 Å². The van der Waals surface area contributed by atoms with Crippen LogP contribution in [0.15, 0.2) is 53.4 Å². The fourth-order valence-electron chi connectivity index (χ4n) is 3.25. The average Bonchev–Trinajstić information content (AvgIpc) is 2.69. The summed E-state index contributed by atoms with van der Waals surface area (Å²) < 4.78 is 27.6. The van der Waals surface area contributed by atoms with Crippen molar-refractivity contribution in [3.63, 3.8) is 0 Å². The molecule has 1 fully saturated rings. The van der Waals surface area contributed by atoms with E-state index in [4.69, 9.17) is 11.6 Å². The zero-order valence-corrected chi connectivity index (χ0v) is 16.8. The van der Waals surface area contributed by atoms with Crippen LogP contribution in [0.2, 0.25) is 5.02 Å². The van der Waals surface area contributed by atoms with Gasteiger partial charge in [-0.25, -0.2) is 8.42 Å². The first kappa shape index (κ1) is 19.9. The minimum Gasteiger partial charge on any atom is -0.337 e. The van der Waals surface area contributed by atoms with E-state index < -0.39 is 10.0 Å². The van der Waals surface area contributed by atoms with Crippen LogP contribution in [0.3, 0.4) is 0 Å². The lowest BCUT2D eigenvalue weighted by atomic mass is 10.1. The number of carbonyl (C=O) groups is 1. The Labute approximate surface area is 165 Å². The molecule has 144 valence electrons. The highest BCUT2D eigenvalue weighted by atomic mass is 35.5. The molecule has 0 aliphatic carbocycles. The van der Waals surface area contributed by atoms with E-state index in [1.54, 1.807) is 37.4 Å². The van der Waals surface area contributed by atoms with Crippen molar-refractivity contribution < 1.29 is 13.2 Å². The summed E-state index contributed by atoms with van der Waals surface area (Å²) in [5.74, 6) is -0.318. The lowest BCUT2D eigenvalue weighted by Gasteiger charge is -2.27. The summed E-state index contributed by atoms with van der Waals surface area (Å²) in [5.41, 5.74) is 1.13. The minimum absolute atomic E-state index is 0.0832. The van der Waals surface area contributed by atoms with Crippen molar-refractivity contribution in [1.29, 1.82) is 0 Å². The van der Waals surface area contributed by atoms with Gasteiger partial charge in [0.2, 0.25) is 10.0 Å². The molecule has 0 radical (unpaired) electrons. The maximum atomic E-state index is 13.1. The van der Waals surface area contributed by atoms with Gasteiger partial charge in [-0.05, 0) is 42.7 Å². The van der Waals surface area contributed by atoms with Crippen LogP contribution in [0.4, 0.5) is 0 Å². The summed E-state index contributed by atoms with van der Waals surface area (Å²) in [6, 6.07) is 13.7. The number of nitrogens with zero attached hydrogens (tertiary/aromatic N) is 2. The minimum atomic E-state index is -3.68. The zero-order valence-electron chi connectivity index (χ0n) is 15.3. The van der Waals surface area contributed by atoms with Gasteiger partial charge < -0.3 is 4.90 Å². The van der Waals surface area contributed by atoms with E-state index in [-0.39, 0.29) is 16.4 Å². The lowest BCUT2D eigenvalue weighted by Crippen LogP contribution is -2.37. The van der Waals surface area contributed by atoms with Gasteiger partial charge in [-0.15, -0.1) is 0 Å². The molecule has 2 aromatic carbocycles. The standard InChI is InChI=1S/C20H23ClN2O3S/c1-22(15-16-9-11-17(21)12-10-16)20(24)18-7-3-4-8-19(18)27(25,26)23-13-5-2-6-14-23/h3-4,7-12H,2,5-6,13-15H2,1H3. The molecule has 27 heavy (non-hydrogen) atoms. The highest BCUT2D eigenvalue weighted by Crippen LogP contribution is 2.24. The molecule has 0 aromatic heterocycles. The van der Waals surface area contributed by atoms with Crippen molar-refractivity contribution in [2.24, 2.45) is 0 Å². The van der Waals surface area contributed by atoms with Gasteiger partial charge in [-0.2, -0.15) is 4.31 Å². The van der Waals surface area contributed by atoms with E-state index in [1.165, 1.54) is 15.3 Å².